The maximum atomic E-state index is 12.8. The van der Waals surface area contributed by atoms with Crippen molar-refractivity contribution in [1.29, 1.82) is 0 Å². The third-order valence-electron chi connectivity index (χ3n) is 7.24. The Labute approximate surface area is 166 Å². The first-order valence-electron chi connectivity index (χ1n) is 11.4. The molecule has 1 aromatic rings. The van der Waals surface area contributed by atoms with Gasteiger partial charge < -0.3 is 9.88 Å². The van der Waals surface area contributed by atoms with Crippen LogP contribution >= 0.6 is 0 Å². The van der Waals surface area contributed by atoms with Gasteiger partial charge >= 0.3 is 0 Å². The number of hydrogen-bond acceptors (Lipinski definition) is 4. The molecule has 28 heavy (non-hydrogen) atoms. The van der Waals surface area contributed by atoms with Crippen molar-refractivity contribution in [2.24, 2.45) is 5.92 Å². The van der Waals surface area contributed by atoms with Crippen LogP contribution in [0.15, 0.2) is 4.79 Å². The van der Waals surface area contributed by atoms with Crippen molar-refractivity contribution < 1.29 is 4.79 Å². The maximum absolute atomic E-state index is 12.8. The minimum Gasteiger partial charge on any atom is -0.332 e. The molecule has 6 nitrogen and oxygen atoms in total. The molecule has 3 heterocycles. The molecule has 6 heteroatoms. The highest BCUT2D eigenvalue weighted by atomic mass is 16.2. The second-order valence-electron chi connectivity index (χ2n) is 9.21. The molecule has 0 aromatic carbocycles. The average Bonchev–Trinajstić information content (AvgIpc) is 3.59. The number of nitrogens with one attached hydrogen (secondary N) is 1. The zero-order valence-corrected chi connectivity index (χ0v) is 16.8. The molecule has 1 aromatic heterocycles. The molecule has 2 aliphatic carbocycles. The highest BCUT2D eigenvalue weighted by molar-refractivity contribution is 5.81. The molecule has 1 atom stereocenters. The first-order valence-corrected chi connectivity index (χ1v) is 11.4. The van der Waals surface area contributed by atoms with E-state index in [9.17, 15) is 9.59 Å². The Balaban J connectivity index is 1.41. The van der Waals surface area contributed by atoms with Crippen molar-refractivity contribution in [1.82, 2.24) is 19.8 Å². The van der Waals surface area contributed by atoms with Gasteiger partial charge in [-0.3, -0.25) is 14.5 Å². The summed E-state index contributed by atoms with van der Waals surface area (Å²) in [5.41, 5.74) is 1.85. The van der Waals surface area contributed by atoms with Gasteiger partial charge in [0.15, 0.2) is 0 Å². The number of aromatic amines is 1. The number of likely N-dealkylation sites (tertiary alicyclic amines) is 1. The minimum absolute atomic E-state index is 0.0210. The fourth-order valence-corrected chi connectivity index (χ4v) is 5.44. The summed E-state index contributed by atoms with van der Waals surface area (Å²) in [5.74, 6) is 1.21. The molecule has 0 spiro atoms. The molecule has 1 saturated heterocycles. The van der Waals surface area contributed by atoms with E-state index in [2.05, 4.69) is 9.88 Å². The van der Waals surface area contributed by atoms with E-state index in [4.69, 9.17) is 4.98 Å². The van der Waals surface area contributed by atoms with Crippen molar-refractivity contribution in [3.05, 3.63) is 27.4 Å². The average molecular weight is 385 g/mol. The van der Waals surface area contributed by atoms with Gasteiger partial charge in [0.2, 0.25) is 5.91 Å². The SMILES string of the molecule is O=C(C1CC1)N1CCCC[C@H]1c1nc2c(c(=O)[nH]1)CCN(C1CCCCC1)C2. The molecular formula is C22H32N4O2. The van der Waals surface area contributed by atoms with Gasteiger partial charge in [-0.15, -0.1) is 0 Å². The lowest BCUT2D eigenvalue weighted by molar-refractivity contribution is -0.136. The minimum atomic E-state index is -0.0510. The Morgan fingerprint density at radius 3 is 2.54 bits per heavy atom. The van der Waals surface area contributed by atoms with E-state index in [-0.39, 0.29) is 23.4 Å². The lowest BCUT2D eigenvalue weighted by Gasteiger charge is -2.38. The van der Waals surface area contributed by atoms with Crippen LogP contribution in [-0.4, -0.2) is 44.8 Å². The summed E-state index contributed by atoms with van der Waals surface area (Å²) >= 11 is 0. The molecule has 3 fully saturated rings. The van der Waals surface area contributed by atoms with Crippen LogP contribution in [0, 0.1) is 5.92 Å². The van der Waals surface area contributed by atoms with Crippen LogP contribution in [-0.2, 0) is 17.8 Å². The van der Waals surface area contributed by atoms with Gasteiger partial charge in [0.1, 0.15) is 5.82 Å². The normalized spacial score (nSPS) is 26.9. The zero-order chi connectivity index (χ0) is 19.1. The number of amides is 1. The highest BCUT2D eigenvalue weighted by Crippen LogP contribution is 2.37. The number of rotatable bonds is 3. The van der Waals surface area contributed by atoms with Gasteiger partial charge in [-0.1, -0.05) is 19.3 Å². The van der Waals surface area contributed by atoms with Gasteiger partial charge in [-0.2, -0.15) is 0 Å². The predicted molar refractivity (Wildman–Crippen MR) is 107 cm³/mol. The highest BCUT2D eigenvalue weighted by Gasteiger charge is 2.39. The van der Waals surface area contributed by atoms with Crippen molar-refractivity contribution in [3.63, 3.8) is 0 Å². The molecule has 0 unspecified atom stereocenters. The quantitative estimate of drug-likeness (QED) is 0.870. The van der Waals surface area contributed by atoms with Crippen molar-refractivity contribution in [3.8, 4) is 0 Å². The third kappa shape index (κ3) is 3.51. The summed E-state index contributed by atoms with van der Waals surface area (Å²) < 4.78 is 0. The van der Waals surface area contributed by atoms with Gasteiger partial charge in [0.25, 0.3) is 5.56 Å². The number of hydrogen-bond donors (Lipinski definition) is 1. The molecule has 1 N–H and O–H groups in total. The number of fused-ring (bicyclic) bond motifs is 1. The van der Waals surface area contributed by atoms with Gasteiger partial charge in [-0.25, -0.2) is 4.98 Å². The lowest BCUT2D eigenvalue weighted by Crippen LogP contribution is -2.44. The summed E-state index contributed by atoms with van der Waals surface area (Å²) in [7, 11) is 0. The second kappa shape index (κ2) is 7.62. The van der Waals surface area contributed by atoms with Crippen LogP contribution in [0.4, 0.5) is 0 Å². The maximum Gasteiger partial charge on any atom is 0.254 e. The molecule has 0 bridgehead atoms. The smallest absolute Gasteiger partial charge is 0.254 e. The summed E-state index contributed by atoms with van der Waals surface area (Å²) in [6, 6.07) is 0.596. The number of piperidine rings is 1. The van der Waals surface area contributed by atoms with E-state index in [1.54, 1.807) is 0 Å². The van der Waals surface area contributed by atoms with E-state index in [0.29, 0.717) is 6.04 Å². The van der Waals surface area contributed by atoms with E-state index in [1.165, 1.54) is 32.1 Å². The van der Waals surface area contributed by atoms with Gasteiger partial charge in [-0.05, 0) is 51.4 Å². The van der Waals surface area contributed by atoms with Crippen LogP contribution in [0.2, 0.25) is 0 Å². The standard InChI is InChI=1S/C22H32N4O2/c27-21-17-11-13-25(16-6-2-1-3-7-16)14-18(17)23-20(24-21)19-8-4-5-12-26(19)22(28)15-9-10-15/h15-16,19H,1-14H2,(H,23,24,27)/t19-/m0/s1. The van der Waals surface area contributed by atoms with Gasteiger partial charge in [0.05, 0.1) is 11.7 Å². The van der Waals surface area contributed by atoms with Crippen LogP contribution in [0.5, 0.6) is 0 Å². The Morgan fingerprint density at radius 1 is 0.964 bits per heavy atom. The van der Waals surface area contributed by atoms with Crippen LogP contribution in [0.1, 0.15) is 87.3 Å². The Hall–Kier alpha value is -1.69. The molecular weight excluding hydrogens is 352 g/mol. The number of aromatic nitrogens is 2. The monoisotopic (exact) mass is 384 g/mol. The molecule has 2 saturated carbocycles. The first kappa shape index (κ1) is 18.3. The summed E-state index contributed by atoms with van der Waals surface area (Å²) in [4.78, 5) is 38.2. The molecule has 5 rings (SSSR count). The fraction of sp³-hybridized carbons (Fsp3) is 0.773. The van der Waals surface area contributed by atoms with Crippen LogP contribution in [0.25, 0.3) is 0 Å². The third-order valence-corrected chi connectivity index (χ3v) is 7.24. The molecule has 1 amide bonds. The van der Waals surface area contributed by atoms with E-state index in [1.807, 2.05) is 4.90 Å². The van der Waals surface area contributed by atoms with Crippen LogP contribution < -0.4 is 5.56 Å². The topological polar surface area (TPSA) is 69.3 Å². The zero-order valence-electron chi connectivity index (χ0n) is 16.8. The van der Waals surface area contributed by atoms with Gasteiger partial charge in [0, 0.05) is 37.2 Å². The van der Waals surface area contributed by atoms with Crippen molar-refractivity contribution in [2.45, 2.75) is 89.3 Å². The summed E-state index contributed by atoms with van der Waals surface area (Å²) in [6.45, 7) is 2.56. The number of carbonyl (C=O) groups is 1. The van der Waals surface area contributed by atoms with E-state index >= 15 is 0 Å². The molecule has 2 aliphatic heterocycles. The largest absolute Gasteiger partial charge is 0.332 e. The van der Waals surface area contributed by atoms with Crippen molar-refractivity contribution >= 4 is 5.91 Å². The second-order valence-corrected chi connectivity index (χ2v) is 9.21. The van der Waals surface area contributed by atoms with Crippen molar-refractivity contribution in [2.75, 3.05) is 13.1 Å². The number of H-pyrrole nitrogens is 1. The molecule has 0 radical (unpaired) electrons. The fourth-order valence-electron chi connectivity index (χ4n) is 5.44. The Morgan fingerprint density at radius 2 is 1.75 bits per heavy atom. The van der Waals surface area contributed by atoms with Crippen LogP contribution in [0.3, 0.4) is 0 Å². The number of nitrogens with zero attached hydrogens (tertiary/aromatic N) is 3. The predicted octanol–water partition coefficient (Wildman–Crippen LogP) is 2.92. The molecule has 152 valence electrons. The molecule has 4 aliphatic rings. The Bertz CT molecular complexity index is 794. The lowest BCUT2D eigenvalue weighted by atomic mass is 9.92. The van der Waals surface area contributed by atoms with E-state index in [0.717, 1.165) is 75.2 Å². The van der Waals surface area contributed by atoms with E-state index < -0.39 is 0 Å². The Kier molecular flexibility index (Phi) is 4.99. The summed E-state index contributed by atoms with van der Waals surface area (Å²) in [6.07, 6.45) is 12.4. The summed E-state index contributed by atoms with van der Waals surface area (Å²) in [5, 5.41) is 0. The number of carbonyl (C=O) groups excluding carboxylic acids is 1. The first-order chi connectivity index (χ1) is 13.7.